The maximum absolute atomic E-state index is 13.5. The number of amides is 1. The van der Waals surface area contributed by atoms with E-state index in [1.807, 2.05) is 0 Å². The van der Waals surface area contributed by atoms with Crippen molar-refractivity contribution in [2.75, 3.05) is 18.4 Å². The van der Waals surface area contributed by atoms with Gasteiger partial charge in [-0.1, -0.05) is 17.4 Å². The molecule has 1 aliphatic rings. The third kappa shape index (κ3) is 2.96. The van der Waals surface area contributed by atoms with Gasteiger partial charge in [-0.3, -0.25) is 4.79 Å². The predicted molar refractivity (Wildman–Crippen MR) is 78.4 cm³/mol. The molecule has 2 aromatic rings. The van der Waals surface area contributed by atoms with Crippen LogP contribution in [-0.4, -0.2) is 24.0 Å². The third-order valence-electron chi connectivity index (χ3n) is 3.55. The molecule has 20 heavy (non-hydrogen) atoms. The molecule has 1 aliphatic heterocycles. The topological polar surface area (TPSA) is 54.0 Å². The molecule has 3 rings (SSSR count). The van der Waals surface area contributed by atoms with E-state index in [0.29, 0.717) is 23.0 Å². The molecule has 2 N–H and O–H groups in total. The van der Waals surface area contributed by atoms with Gasteiger partial charge in [0.25, 0.3) is 0 Å². The van der Waals surface area contributed by atoms with Crippen molar-refractivity contribution in [3.8, 4) is 0 Å². The van der Waals surface area contributed by atoms with Gasteiger partial charge in [0.2, 0.25) is 5.91 Å². The van der Waals surface area contributed by atoms with Crippen LogP contribution < -0.4 is 10.6 Å². The van der Waals surface area contributed by atoms with Crippen molar-refractivity contribution >= 4 is 32.6 Å². The molecular weight excluding hydrogens is 277 g/mol. The maximum Gasteiger partial charge on any atom is 0.226 e. The number of thiazole rings is 1. The van der Waals surface area contributed by atoms with Gasteiger partial charge in [0.1, 0.15) is 11.3 Å². The summed E-state index contributed by atoms with van der Waals surface area (Å²) in [5.74, 6) is 0.0522. The molecule has 0 radical (unpaired) electrons. The van der Waals surface area contributed by atoms with Crippen molar-refractivity contribution in [1.82, 2.24) is 10.3 Å². The first kappa shape index (κ1) is 13.5. The fraction of sp³-hybridized carbons (Fsp3) is 0.429. The summed E-state index contributed by atoms with van der Waals surface area (Å²) >= 11 is 1.31. The lowest BCUT2D eigenvalue weighted by Gasteiger charge is -2.21. The number of nitrogens with one attached hydrogen (secondary N) is 2. The Balaban J connectivity index is 1.66. The van der Waals surface area contributed by atoms with Crippen LogP contribution in [0.3, 0.4) is 0 Å². The molecule has 1 aromatic heterocycles. The summed E-state index contributed by atoms with van der Waals surface area (Å²) < 4.78 is 14.3. The molecule has 4 nitrogen and oxygen atoms in total. The molecule has 1 fully saturated rings. The summed E-state index contributed by atoms with van der Waals surface area (Å²) in [6, 6.07) is 4.83. The number of piperidine rings is 1. The zero-order chi connectivity index (χ0) is 13.9. The predicted octanol–water partition coefficient (Wildman–Crippen LogP) is 2.76. The molecule has 1 amide bonds. The zero-order valence-electron chi connectivity index (χ0n) is 11.0. The number of rotatable bonds is 3. The highest BCUT2D eigenvalue weighted by atomic mass is 32.1. The Kier molecular flexibility index (Phi) is 3.93. The largest absolute Gasteiger partial charge is 0.317 e. The molecular formula is C14H16FN3OS. The highest BCUT2D eigenvalue weighted by Crippen LogP contribution is 2.28. The van der Waals surface area contributed by atoms with E-state index in [2.05, 4.69) is 15.6 Å². The third-order valence-corrected chi connectivity index (χ3v) is 4.48. The van der Waals surface area contributed by atoms with Crippen LogP contribution in [0, 0.1) is 11.7 Å². The number of hydrogen-bond donors (Lipinski definition) is 2. The van der Waals surface area contributed by atoms with Crippen molar-refractivity contribution in [3.05, 3.63) is 24.0 Å². The lowest BCUT2D eigenvalue weighted by atomic mass is 9.94. The van der Waals surface area contributed by atoms with Gasteiger partial charge in [0.05, 0.1) is 4.70 Å². The van der Waals surface area contributed by atoms with Gasteiger partial charge in [-0.05, 0) is 44.0 Å². The normalized spacial score (nSPS) is 16.4. The van der Waals surface area contributed by atoms with E-state index < -0.39 is 0 Å². The number of fused-ring (bicyclic) bond motifs is 1. The highest BCUT2D eigenvalue weighted by Gasteiger charge is 2.18. The molecule has 1 aromatic carbocycles. The van der Waals surface area contributed by atoms with Crippen LogP contribution >= 0.6 is 11.3 Å². The maximum atomic E-state index is 13.5. The number of benzene rings is 1. The van der Waals surface area contributed by atoms with Gasteiger partial charge in [-0.15, -0.1) is 0 Å². The fourth-order valence-electron chi connectivity index (χ4n) is 2.49. The Morgan fingerprint density at radius 2 is 2.25 bits per heavy atom. The van der Waals surface area contributed by atoms with Crippen LogP contribution in [0.2, 0.25) is 0 Å². The van der Waals surface area contributed by atoms with Crippen molar-refractivity contribution < 1.29 is 9.18 Å². The number of aromatic nitrogens is 1. The van der Waals surface area contributed by atoms with Crippen LogP contribution in [0.5, 0.6) is 0 Å². The second-order valence-corrected chi connectivity index (χ2v) is 6.08. The first-order chi connectivity index (χ1) is 9.72. The summed E-state index contributed by atoms with van der Waals surface area (Å²) in [7, 11) is 0. The number of carbonyl (C=O) groups excluding carboxylic acids is 1. The van der Waals surface area contributed by atoms with E-state index >= 15 is 0 Å². The number of hydrogen-bond acceptors (Lipinski definition) is 4. The molecule has 0 atom stereocenters. The van der Waals surface area contributed by atoms with Gasteiger partial charge < -0.3 is 10.6 Å². The molecule has 0 unspecified atom stereocenters. The van der Waals surface area contributed by atoms with Crippen LogP contribution in [0.4, 0.5) is 9.52 Å². The molecule has 1 saturated heterocycles. The van der Waals surface area contributed by atoms with Gasteiger partial charge >= 0.3 is 0 Å². The number of anilines is 1. The average Bonchev–Trinajstić information content (AvgIpc) is 2.83. The van der Waals surface area contributed by atoms with Gasteiger partial charge in [0.15, 0.2) is 5.13 Å². The Hall–Kier alpha value is -1.53. The molecule has 0 saturated carbocycles. The van der Waals surface area contributed by atoms with Crippen LogP contribution in [0.15, 0.2) is 18.2 Å². The number of carbonyl (C=O) groups is 1. The monoisotopic (exact) mass is 293 g/mol. The quantitative estimate of drug-likeness (QED) is 0.915. The molecule has 0 bridgehead atoms. The van der Waals surface area contributed by atoms with Crippen molar-refractivity contribution in [2.45, 2.75) is 19.3 Å². The second-order valence-electron chi connectivity index (χ2n) is 5.05. The summed E-state index contributed by atoms with van der Waals surface area (Å²) in [6.07, 6.45) is 2.57. The smallest absolute Gasteiger partial charge is 0.226 e. The number of halogens is 1. The van der Waals surface area contributed by atoms with Gasteiger partial charge in [-0.2, -0.15) is 0 Å². The molecule has 6 heteroatoms. The lowest BCUT2D eigenvalue weighted by molar-refractivity contribution is -0.117. The molecule has 2 heterocycles. The summed E-state index contributed by atoms with van der Waals surface area (Å²) in [4.78, 5) is 16.1. The minimum atomic E-state index is -0.349. The van der Waals surface area contributed by atoms with E-state index in [4.69, 9.17) is 0 Å². The highest BCUT2D eigenvalue weighted by molar-refractivity contribution is 7.22. The summed E-state index contributed by atoms with van der Waals surface area (Å²) in [5.41, 5.74) is 0.328. The first-order valence-electron chi connectivity index (χ1n) is 6.78. The number of para-hydroxylation sites is 1. The average molecular weight is 293 g/mol. The van der Waals surface area contributed by atoms with Crippen LogP contribution in [0.25, 0.3) is 10.2 Å². The zero-order valence-corrected chi connectivity index (χ0v) is 11.8. The van der Waals surface area contributed by atoms with E-state index in [-0.39, 0.29) is 11.7 Å². The standard InChI is InChI=1S/C14H16FN3OS/c15-10-2-1-3-11-13(10)18-14(20-11)17-12(19)8-9-4-6-16-7-5-9/h1-3,9,16H,4-8H2,(H,17,18,19). The Labute approximate surface area is 120 Å². The van der Waals surface area contributed by atoms with Crippen LogP contribution in [0.1, 0.15) is 19.3 Å². The summed E-state index contributed by atoms with van der Waals surface area (Å²) in [5, 5.41) is 6.54. The SMILES string of the molecule is O=C(CC1CCNCC1)Nc1nc2c(F)cccc2s1. The van der Waals surface area contributed by atoms with Crippen molar-refractivity contribution in [2.24, 2.45) is 5.92 Å². The first-order valence-corrected chi connectivity index (χ1v) is 7.59. The molecule has 0 spiro atoms. The van der Waals surface area contributed by atoms with E-state index in [1.165, 1.54) is 17.4 Å². The van der Waals surface area contributed by atoms with E-state index in [9.17, 15) is 9.18 Å². The van der Waals surface area contributed by atoms with Crippen molar-refractivity contribution in [1.29, 1.82) is 0 Å². The Bertz CT molecular complexity index is 622. The van der Waals surface area contributed by atoms with Crippen LogP contribution in [-0.2, 0) is 4.79 Å². The van der Waals surface area contributed by atoms with E-state index in [0.717, 1.165) is 30.6 Å². The van der Waals surface area contributed by atoms with Crippen molar-refractivity contribution in [3.63, 3.8) is 0 Å². The Morgan fingerprint density at radius 1 is 1.45 bits per heavy atom. The minimum absolute atomic E-state index is 0.0311. The van der Waals surface area contributed by atoms with Gasteiger partial charge in [-0.25, -0.2) is 9.37 Å². The fourth-order valence-corrected chi connectivity index (χ4v) is 3.38. The lowest BCUT2D eigenvalue weighted by Crippen LogP contribution is -2.30. The molecule has 106 valence electrons. The summed E-state index contributed by atoms with van der Waals surface area (Å²) in [6.45, 7) is 1.95. The van der Waals surface area contributed by atoms with Gasteiger partial charge in [0, 0.05) is 6.42 Å². The second kappa shape index (κ2) is 5.85. The Morgan fingerprint density at radius 3 is 3.00 bits per heavy atom. The van der Waals surface area contributed by atoms with E-state index in [1.54, 1.807) is 12.1 Å². The molecule has 0 aliphatic carbocycles. The number of nitrogens with zero attached hydrogens (tertiary/aromatic N) is 1. The minimum Gasteiger partial charge on any atom is -0.317 e.